The molecule has 0 aliphatic rings. The molecule has 20 heavy (non-hydrogen) atoms. The minimum Gasteiger partial charge on any atom is -0.497 e. The first kappa shape index (κ1) is 14.1. The molecule has 0 amide bonds. The predicted octanol–water partition coefficient (Wildman–Crippen LogP) is 3.27. The Morgan fingerprint density at radius 3 is 2.65 bits per heavy atom. The van der Waals surface area contributed by atoms with Gasteiger partial charge in [0.2, 0.25) is 5.88 Å². The van der Waals surface area contributed by atoms with E-state index in [9.17, 15) is 0 Å². The van der Waals surface area contributed by atoms with Gasteiger partial charge in [0.25, 0.3) is 0 Å². The molecule has 1 N–H and O–H groups in total. The van der Waals surface area contributed by atoms with E-state index in [1.54, 1.807) is 7.11 Å². The van der Waals surface area contributed by atoms with Crippen LogP contribution in [0.3, 0.4) is 0 Å². The summed E-state index contributed by atoms with van der Waals surface area (Å²) >= 11 is 0. The molecule has 106 valence electrons. The standard InChI is InChI=1S/C15H19N3O2/c1-4-13-14(16-5-2)17-10-18-15(13)20-12-8-6-7-11(9-12)19-3/h6-10H,4-5H2,1-3H3,(H,16,17,18). The number of ether oxygens (including phenoxy) is 2. The van der Waals surface area contributed by atoms with Gasteiger partial charge in [0, 0.05) is 12.6 Å². The number of nitrogens with one attached hydrogen (secondary N) is 1. The molecule has 0 radical (unpaired) electrons. The summed E-state index contributed by atoms with van der Waals surface area (Å²) in [7, 11) is 1.63. The quantitative estimate of drug-likeness (QED) is 0.875. The Bertz CT molecular complexity index is 573. The topological polar surface area (TPSA) is 56.3 Å². The number of benzene rings is 1. The Balaban J connectivity index is 2.30. The maximum absolute atomic E-state index is 5.86. The summed E-state index contributed by atoms with van der Waals surface area (Å²) in [5.74, 6) is 2.84. The lowest BCUT2D eigenvalue weighted by atomic mass is 10.2. The minimum atomic E-state index is 0.576. The maximum Gasteiger partial charge on any atom is 0.227 e. The molecule has 1 heterocycles. The monoisotopic (exact) mass is 273 g/mol. The van der Waals surface area contributed by atoms with Crippen molar-refractivity contribution >= 4 is 5.82 Å². The zero-order valence-corrected chi connectivity index (χ0v) is 12.0. The van der Waals surface area contributed by atoms with Crippen molar-refractivity contribution in [3.8, 4) is 17.4 Å². The Hall–Kier alpha value is -2.30. The van der Waals surface area contributed by atoms with Gasteiger partial charge in [0.1, 0.15) is 23.6 Å². The van der Waals surface area contributed by atoms with E-state index in [2.05, 4.69) is 22.2 Å². The Labute approximate surface area is 119 Å². The van der Waals surface area contributed by atoms with E-state index < -0.39 is 0 Å². The Kier molecular flexibility index (Phi) is 4.76. The summed E-state index contributed by atoms with van der Waals surface area (Å²) in [5.41, 5.74) is 0.970. The summed E-state index contributed by atoms with van der Waals surface area (Å²) < 4.78 is 11.0. The highest BCUT2D eigenvalue weighted by molar-refractivity contribution is 5.50. The number of anilines is 1. The summed E-state index contributed by atoms with van der Waals surface area (Å²) in [5, 5.41) is 3.22. The average molecular weight is 273 g/mol. The van der Waals surface area contributed by atoms with E-state index >= 15 is 0 Å². The van der Waals surface area contributed by atoms with Gasteiger partial charge < -0.3 is 14.8 Å². The van der Waals surface area contributed by atoms with Gasteiger partial charge in [0.15, 0.2) is 0 Å². The van der Waals surface area contributed by atoms with E-state index in [1.807, 2.05) is 31.2 Å². The van der Waals surface area contributed by atoms with Crippen LogP contribution in [0, 0.1) is 0 Å². The second-order valence-electron chi connectivity index (χ2n) is 4.17. The highest BCUT2D eigenvalue weighted by Crippen LogP contribution is 2.29. The molecule has 0 unspecified atom stereocenters. The SMILES string of the molecule is CCNc1ncnc(Oc2cccc(OC)c2)c1CC. The molecule has 1 aromatic heterocycles. The zero-order chi connectivity index (χ0) is 14.4. The third-order valence-electron chi connectivity index (χ3n) is 2.86. The van der Waals surface area contributed by atoms with Crippen molar-refractivity contribution in [2.45, 2.75) is 20.3 Å². The van der Waals surface area contributed by atoms with Crippen LogP contribution >= 0.6 is 0 Å². The summed E-state index contributed by atoms with van der Waals surface area (Å²) in [6.07, 6.45) is 2.30. The Morgan fingerprint density at radius 1 is 1.15 bits per heavy atom. The first-order chi connectivity index (χ1) is 9.78. The lowest BCUT2D eigenvalue weighted by Crippen LogP contribution is -2.05. The van der Waals surface area contributed by atoms with Crippen molar-refractivity contribution < 1.29 is 9.47 Å². The highest BCUT2D eigenvalue weighted by Gasteiger charge is 2.11. The van der Waals surface area contributed by atoms with E-state index in [0.29, 0.717) is 11.6 Å². The molecule has 2 rings (SSSR count). The predicted molar refractivity (Wildman–Crippen MR) is 78.6 cm³/mol. The van der Waals surface area contributed by atoms with Gasteiger partial charge in [-0.2, -0.15) is 0 Å². The number of rotatable bonds is 6. The molecule has 0 saturated heterocycles. The maximum atomic E-state index is 5.86. The molecule has 1 aromatic carbocycles. The van der Waals surface area contributed by atoms with Gasteiger partial charge in [-0.1, -0.05) is 13.0 Å². The van der Waals surface area contributed by atoms with Crippen molar-refractivity contribution in [2.75, 3.05) is 19.0 Å². The van der Waals surface area contributed by atoms with Crippen LogP contribution in [0.25, 0.3) is 0 Å². The number of hydrogen-bond acceptors (Lipinski definition) is 5. The molecule has 2 aromatic rings. The Morgan fingerprint density at radius 2 is 1.95 bits per heavy atom. The molecule has 0 aliphatic heterocycles. The van der Waals surface area contributed by atoms with Crippen LogP contribution in [0.4, 0.5) is 5.82 Å². The summed E-state index contributed by atoms with van der Waals surface area (Å²) in [4.78, 5) is 8.48. The van der Waals surface area contributed by atoms with Crippen molar-refractivity contribution in [1.29, 1.82) is 0 Å². The molecule has 0 saturated carbocycles. The van der Waals surface area contributed by atoms with Gasteiger partial charge in [-0.15, -0.1) is 0 Å². The summed E-state index contributed by atoms with van der Waals surface area (Å²) in [6, 6.07) is 7.45. The second kappa shape index (κ2) is 6.75. The van der Waals surface area contributed by atoms with Crippen LogP contribution in [0.5, 0.6) is 17.4 Å². The van der Waals surface area contributed by atoms with Crippen LogP contribution in [0.15, 0.2) is 30.6 Å². The van der Waals surface area contributed by atoms with Crippen molar-refractivity contribution in [3.05, 3.63) is 36.2 Å². The number of hydrogen-bond donors (Lipinski definition) is 1. The van der Waals surface area contributed by atoms with Gasteiger partial charge in [-0.25, -0.2) is 9.97 Å². The minimum absolute atomic E-state index is 0.576. The lowest BCUT2D eigenvalue weighted by molar-refractivity contribution is 0.406. The molecular weight excluding hydrogens is 254 g/mol. The van der Waals surface area contributed by atoms with Crippen molar-refractivity contribution in [2.24, 2.45) is 0 Å². The number of nitrogens with zero attached hydrogens (tertiary/aromatic N) is 2. The molecule has 5 heteroatoms. The van der Waals surface area contributed by atoms with Crippen LogP contribution < -0.4 is 14.8 Å². The first-order valence-corrected chi connectivity index (χ1v) is 6.68. The fourth-order valence-corrected chi connectivity index (χ4v) is 1.90. The average Bonchev–Trinajstić information content (AvgIpc) is 2.48. The van der Waals surface area contributed by atoms with Crippen molar-refractivity contribution in [3.63, 3.8) is 0 Å². The van der Waals surface area contributed by atoms with E-state index in [1.165, 1.54) is 6.33 Å². The fourth-order valence-electron chi connectivity index (χ4n) is 1.90. The molecule has 0 atom stereocenters. The fraction of sp³-hybridized carbons (Fsp3) is 0.333. The highest BCUT2D eigenvalue weighted by atomic mass is 16.5. The molecule has 0 spiro atoms. The van der Waals surface area contributed by atoms with E-state index in [4.69, 9.17) is 9.47 Å². The first-order valence-electron chi connectivity index (χ1n) is 6.68. The molecule has 0 bridgehead atoms. The third kappa shape index (κ3) is 3.17. The zero-order valence-electron chi connectivity index (χ0n) is 12.0. The summed E-state index contributed by atoms with van der Waals surface area (Å²) in [6.45, 7) is 4.89. The van der Waals surface area contributed by atoms with Gasteiger partial charge >= 0.3 is 0 Å². The largest absolute Gasteiger partial charge is 0.497 e. The molecule has 0 fully saturated rings. The van der Waals surface area contributed by atoms with Crippen LogP contribution in [0.2, 0.25) is 0 Å². The number of methoxy groups -OCH3 is 1. The van der Waals surface area contributed by atoms with Crippen LogP contribution in [-0.4, -0.2) is 23.6 Å². The molecular formula is C15H19N3O2. The van der Waals surface area contributed by atoms with Crippen molar-refractivity contribution in [1.82, 2.24) is 9.97 Å². The second-order valence-corrected chi connectivity index (χ2v) is 4.17. The molecule has 5 nitrogen and oxygen atoms in total. The van der Waals surface area contributed by atoms with Crippen LogP contribution in [0.1, 0.15) is 19.4 Å². The van der Waals surface area contributed by atoms with E-state index in [0.717, 1.165) is 30.1 Å². The lowest BCUT2D eigenvalue weighted by Gasteiger charge is -2.13. The smallest absolute Gasteiger partial charge is 0.227 e. The van der Waals surface area contributed by atoms with E-state index in [-0.39, 0.29) is 0 Å². The third-order valence-corrected chi connectivity index (χ3v) is 2.86. The van der Waals surface area contributed by atoms with Gasteiger partial charge in [-0.3, -0.25) is 0 Å². The van der Waals surface area contributed by atoms with Gasteiger partial charge in [0.05, 0.1) is 12.7 Å². The molecule has 0 aliphatic carbocycles. The normalized spacial score (nSPS) is 10.2. The van der Waals surface area contributed by atoms with Gasteiger partial charge in [-0.05, 0) is 25.5 Å². The van der Waals surface area contributed by atoms with Crippen LogP contribution in [-0.2, 0) is 6.42 Å². The number of aromatic nitrogens is 2.